The molecule has 0 unspecified atom stereocenters. The van der Waals surface area contributed by atoms with Crippen LogP contribution in [0, 0.1) is 0 Å². The average molecular weight is 647 g/mol. The molecule has 0 bridgehead atoms. The van der Waals surface area contributed by atoms with Crippen LogP contribution in [0.25, 0.3) is 0 Å². The molecule has 0 amide bonds. The SMILES string of the molecule is CCCCCCCCC=CCCCCCCCCOCCN(CCCCCCCCC=CCCCCCCCC)CCCN(C)C. The molecule has 3 heteroatoms. The van der Waals surface area contributed by atoms with E-state index in [1.807, 2.05) is 0 Å². The molecule has 0 rings (SSSR count). The topological polar surface area (TPSA) is 15.7 Å². The van der Waals surface area contributed by atoms with Gasteiger partial charge in [-0.3, -0.25) is 0 Å². The average Bonchev–Trinajstić information content (AvgIpc) is 3.05. The molecule has 3 nitrogen and oxygen atoms in total. The molecule has 0 aliphatic rings. The third-order valence-electron chi connectivity index (χ3n) is 9.42. The third kappa shape index (κ3) is 39.5. The molecule has 0 aromatic rings. The largest absolute Gasteiger partial charge is 0.380 e. The summed E-state index contributed by atoms with van der Waals surface area (Å²) in [5.41, 5.74) is 0. The fourth-order valence-electron chi connectivity index (χ4n) is 6.28. The zero-order valence-electron chi connectivity index (χ0n) is 32.4. The Morgan fingerprint density at radius 3 is 1.15 bits per heavy atom. The van der Waals surface area contributed by atoms with Crippen molar-refractivity contribution in [3.05, 3.63) is 24.3 Å². The van der Waals surface area contributed by atoms with Gasteiger partial charge < -0.3 is 14.5 Å². The van der Waals surface area contributed by atoms with Gasteiger partial charge in [0.25, 0.3) is 0 Å². The van der Waals surface area contributed by atoms with Crippen LogP contribution in [-0.2, 0) is 4.74 Å². The van der Waals surface area contributed by atoms with Gasteiger partial charge in [0.15, 0.2) is 0 Å². The minimum atomic E-state index is 0.902. The van der Waals surface area contributed by atoms with Crippen molar-refractivity contribution in [2.45, 2.75) is 200 Å². The number of hydrogen-bond acceptors (Lipinski definition) is 3. The van der Waals surface area contributed by atoms with Crippen LogP contribution in [0.3, 0.4) is 0 Å². The molecule has 0 N–H and O–H groups in total. The van der Waals surface area contributed by atoms with Gasteiger partial charge in [-0.2, -0.15) is 0 Å². The molecule has 0 aromatic heterocycles. The van der Waals surface area contributed by atoms with Gasteiger partial charge in [0.1, 0.15) is 0 Å². The Bertz CT molecular complexity index is 602. The summed E-state index contributed by atoms with van der Waals surface area (Å²) >= 11 is 0. The number of rotatable bonds is 39. The van der Waals surface area contributed by atoms with Gasteiger partial charge >= 0.3 is 0 Å². The minimum Gasteiger partial charge on any atom is -0.380 e. The van der Waals surface area contributed by atoms with Crippen molar-refractivity contribution in [1.29, 1.82) is 0 Å². The van der Waals surface area contributed by atoms with Crippen LogP contribution in [0.2, 0.25) is 0 Å². The highest BCUT2D eigenvalue weighted by atomic mass is 16.5. The van der Waals surface area contributed by atoms with Crippen LogP contribution in [-0.4, -0.2) is 63.3 Å². The first-order valence-corrected chi connectivity index (χ1v) is 21.0. The Morgan fingerprint density at radius 1 is 0.348 bits per heavy atom. The van der Waals surface area contributed by atoms with E-state index in [1.165, 1.54) is 206 Å². The first kappa shape index (κ1) is 45.4. The van der Waals surface area contributed by atoms with Crippen LogP contribution in [0.4, 0.5) is 0 Å². The third-order valence-corrected chi connectivity index (χ3v) is 9.42. The number of nitrogens with zero attached hydrogens (tertiary/aromatic N) is 2. The smallest absolute Gasteiger partial charge is 0.0593 e. The molecular formula is C43H86N2O. The predicted molar refractivity (Wildman–Crippen MR) is 209 cm³/mol. The Morgan fingerprint density at radius 2 is 0.717 bits per heavy atom. The zero-order chi connectivity index (χ0) is 33.4. The van der Waals surface area contributed by atoms with Crippen molar-refractivity contribution in [2.75, 3.05) is 53.5 Å². The second kappa shape index (κ2) is 40.5. The standard InChI is InChI=1S/C43H86N2O/c1-5-7-9-11-13-15-17-19-21-23-25-27-29-31-33-35-39-45(40-37-38-44(3)4)41-43-46-42-36-34-32-30-28-26-24-22-20-18-16-14-12-10-8-6-2/h19-22H,5-18,23-43H2,1-4H3. The molecule has 0 aliphatic carbocycles. The van der Waals surface area contributed by atoms with Crippen LogP contribution >= 0.6 is 0 Å². The molecule has 0 aliphatic heterocycles. The van der Waals surface area contributed by atoms with Crippen LogP contribution < -0.4 is 0 Å². The Kier molecular flexibility index (Phi) is 40.0. The number of unbranched alkanes of at least 4 members (excludes halogenated alkanes) is 24. The lowest BCUT2D eigenvalue weighted by molar-refractivity contribution is 0.0984. The fourth-order valence-corrected chi connectivity index (χ4v) is 6.28. The normalized spacial score (nSPS) is 12.2. The Hall–Kier alpha value is -0.640. The maximum absolute atomic E-state index is 6.08. The molecule has 0 saturated heterocycles. The quantitative estimate of drug-likeness (QED) is 0.0488. The molecule has 0 fully saturated rings. The summed E-state index contributed by atoms with van der Waals surface area (Å²) in [7, 11) is 4.38. The van der Waals surface area contributed by atoms with Gasteiger partial charge in [-0.15, -0.1) is 0 Å². The molecule has 0 heterocycles. The van der Waals surface area contributed by atoms with Crippen molar-refractivity contribution in [1.82, 2.24) is 9.80 Å². The van der Waals surface area contributed by atoms with E-state index in [1.54, 1.807) is 0 Å². The number of ether oxygens (including phenoxy) is 1. The summed E-state index contributed by atoms with van der Waals surface area (Å²) in [5.74, 6) is 0. The van der Waals surface area contributed by atoms with Crippen molar-refractivity contribution in [2.24, 2.45) is 0 Å². The van der Waals surface area contributed by atoms with E-state index >= 15 is 0 Å². The van der Waals surface area contributed by atoms with Gasteiger partial charge in [0.05, 0.1) is 6.61 Å². The lowest BCUT2D eigenvalue weighted by Gasteiger charge is -2.23. The van der Waals surface area contributed by atoms with Crippen LogP contribution in [0.5, 0.6) is 0 Å². The maximum Gasteiger partial charge on any atom is 0.0593 e. The summed E-state index contributed by atoms with van der Waals surface area (Å²) in [6.45, 7) is 11.2. The zero-order valence-corrected chi connectivity index (χ0v) is 32.4. The number of allylic oxidation sites excluding steroid dienone is 4. The summed E-state index contributed by atoms with van der Waals surface area (Å²) in [6, 6.07) is 0. The van der Waals surface area contributed by atoms with Crippen LogP contribution in [0.1, 0.15) is 200 Å². The van der Waals surface area contributed by atoms with Crippen molar-refractivity contribution in [3.63, 3.8) is 0 Å². The molecule has 0 atom stereocenters. The Labute approximate surface area is 291 Å². The van der Waals surface area contributed by atoms with E-state index in [4.69, 9.17) is 4.74 Å². The molecule has 0 radical (unpaired) electrons. The highest BCUT2D eigenvalue weighted by molar-refractivity contribution is 4.82. The first-order chi connectivity index (χ1) is 22.7. The monoisotopic (exact) mass is 647 g/mol. The molecule has 0 aromatic carbocycles. The lowest BCUT2D eigenvalue weighted by atomic mass is 10.1. The summed E-state index contributed by atoms with van der Waals surface area (Å²) in [6.07, 6.45) is 49.4. The molecular weight excluding hydrogens is 560 g/mol. The van der Waals surface area contributed by atoms with E-state index in [0.29, 0.717) is 0 Å². The second-order valence-corrected chi connectivity index (χ2v) is 14.5. The Balaban J connectivity index is 3.66. The molecule has 0 saturated carbocycles. The van der Waals surface area contributed by atoms with Gasteiger partial charge in [0, 0.05) is 13.2 Å². The van der Waals surface area contributed by atoms with E-state index in [9.17, 15) is 0 Å². The van der Waals surface area contributed by atoms with Gasteiger partial charge in [-0.05, 0) is 104 Å². The summed E-state index contributed by atoms with van der Waals surface area (Å²) < 4.78 is 6.08. The fraction of sp³-hybridized carbons (Fsp3) is 0.907. The van der Waals surface area contributed by atoms with E-state index < -0.39 is 0 Å². The van der Waals surface area contributed by atoms with Gasteiger partial charge in [-0.25, -0.2) is 0 Å². The van der Waals surface area contributed by atoms with Crippen molar-refractivity contribution >= 4 is 0 Å². The predicted octanol–water partition coefficient (Wildman–Crippen LogP) is 13.3. The lowest BCUT2D eigenvalue weighted by Crippen LogP contribution is -2.31. The minimum absolute atomic E-state index is 0.902. The first-order valence-electron chi connectivity index (χ1n) is 21.0. The molecule has 0 spiro atoms. The maximum atomic E-state index is 6.08. The van der Waals surface area contributed by atoms with Gasteiger partial charge in [-0.1, -0.05) is 154 Å². The van der Waals surface area contributed by atoms with Gasteiger partial charge in [0.2, 0.25) is 0 Å². The number of hydrogen-bond donors (Lipinski definition) is 0. The highest BCUT2D eigenvalue weighted by Gasteiger charge is 2.05. The summed E-state index contributed by atoms with van der Waals surface area (Å²) in [4.78, 5) is 4.98. The second-order valence-electron chi connectivity index (χ2n) is 14.5. The summed E-state index contributed by atoms with van der Waals surface area (Å²) in [5, 5.41) is 0. The van der Waals surface area contributed by atoms with E-state index in [-0.39, 0.29) is 0 Å². The molecule has 274 valence electrons. The van der Waals surface area contributed by atoms with Crippen molar-refractivity contribution < 1.29 is 4.74 Å². The van der Waals surface area contributed by atoms with Crippen LogP contribution in [0.15, 0.2) is 24.3 Å². The van der Waals surface area contributed by atoms with Crippen molar-refractivity contribution in [3.8, 4) is 0 Å². The van der Waals surface area contributed by atoms with E-state index in [2.05, 4.69) is 62.0 Å². The van der Waals surface area contributed by atoms with E-state index in [0.717, 1.165) is 19.8 Å². The highest BCUT2D eigenvalue weighted by Crippen LogP contribution is 2.12. The molecule has 46 heavy (non-hydrogen) atoms.